The summed E-state index contributed by atoms with van der Waals surface area (Å²) in [5.74, 6) is -0.161. The van der Waals surface area contributed by atoms with Crippen LogP contribution in [-0.2, 0) is 4.79 Å². The molecule has 1 amide bonds. The van der Waals surface area contributed by atoms with Gasteiger partial charge in [-0.1, -0.05) is 51.7 Å². The highest BCUT2D eigenvalue weighted by atomic mass is 16.3. The minimum atomic E-state index is -0.823. The second kappa shape index (κ2) is 12.2. The van der Waals surface area contributed by atoms with E-state index in [1.54, 1.807) is 13.0 Å². The van der Waals surface area contributed by atoms with E-state index in [2.05, 4.69) is 12.2 Å². The average Bonchev–Trinajstić information content (AvgIpc) is 2.43. The molecule has 0 aliphatic heterocycles. The van der Waals surface area contributed by atoms with Gasteiger partial charge in [0.25, 0.3) is 0 Å². The SMILES string of the molecule is CCCCCCC/C=C/C(O)C(CO)NC(=O)CC. The zero-order valence-corrected chi connectivity index (χ0v) is 12.3. The van der Waals surface area contributed by atoms with Gasteiger partial charge in [0.15, 0.2) is 0 Å². The summed E-state index contributed by atoms with van der Waals surface area (Å²) in [6.07, 6.45) is 10.2. The maximum Gasteiger partial charge on any atom is 0.220 e. The molecule has 3 N–H and O–H groups in total. The lowest BCUT2D eigenvalue weighted by Crippen LogP contribution is -2.44. The van der Waals surface area contributed by atoms with Crippen LogP contribution in [0.5, 0.6) is 0 Å². The molecular formula is C15H29NO3. The number of amides is 1. The lowest BCUT2D eigenvalue weighted by atomic mass is 10.1. The van der Waals surface area contributed by atoms with E-state index in [-0.39, 0.29) is 12.5 Å². The molecule has 0 rings (SSSR count). The predicted octanol–water partition coefficient (Wildman–Crippen LogP) is 2.15. The van der Waals surface area contributed by atoms with Crippen molar-refractivity contribution in [2.24, 2.45) is 0 Å². The predicted molar refractivity (Wildman–Crippen MR) is 77.8 cm³/mol. The van der Waals surface area contributed by atoms with Crippen molar-refractivity contribution in [3.8, 4) is 0 Å². The minimum absolute atomic E-state index is 0.161. The standard InChI is InChI=1S/C15H29NO3/c1-3-5-6-7-8-9-10-11-14(18)13(12-17)16-15(19)4-2/h10-11,13-14,17-18H,3-9,12H2,1-2H3,(H,16,19)/b11-10+. The number of hydrogen-bond donors (Lipinski definition) is 3. The number of aliphatic hydroxyl groups is 2. The maximum atomic E-state index is 11.2. The Balaban J connectivity index is 3.84. The van der Waals surface area contributed by atoms with Gasteiger partial charge in [0.05, 0.1) is 18.8 Å². The van der Waals surface area contributed by atoms with Gasteiger partial charge in [-0.3, -0.25) is 4.79 Å². The third kappa shape index (κ3) is 9.68. The Hall–Kier alpha value is -0.870. The molecule has 0 aromatic heterocycles. The summed E-state index contributed by atoms with van der Waals surface area (Å²) in [5.41, 5.74) is 0. The van der Waals surface area contributed by atoms with Crippen LogP contribution in [0, 0.1) is 0 Å². The Morgan fingerprint density at radius 1 is 1.21 bits per heavy atom. The van der Waals surface area contributed by atoms with Crippen molar-refractivity contribution in [2.75, 3.05) is 6.61 Å². The Morgan fingerprint density at radius 3 is 2.47 bits per heavy atom. The van der Waals surface area contributed by atoms with Crippen LogP contribution in [0.15, 0.2) is 12.2 Å². The first-order valence-corrected chi connectivity index (χ1v) is 7.40. The van der Waals surface area contributed by atoms with Crippen molar-refractivity contribution in [1.29, 1.82) is 0 Å². The summed E-state index contributed by atoms with van der Waals surface area (Å²) in [6, 6.07) is -0.608. The summed E-state index contributed by atoms with van der Waals surface area (Å²) in [7, 11) is 0. The van der Waals surface area contributed by atoms with E-state index in [0.29, 0.717) is 6.42 Å². The Labute approximate surface area is 116 Å². The van der Waals surface area contributed by atoms with Gasteiger partial charge < -0.3 is 15.5 Å². The number of allylic oxidation sites excluding steroid dienone is 1. The monoisotopic (exact) mass is 271 g/mol. The summed E-state index contributed by atoms with van der Waals surface area (Å²) < 4.78 is 0. The second-order valence-corrected chi connectivity index (χ2v) is 4.83. The third-order valence-electron chi connectivity index (χ3n) is 3.08. The molecule has 0 spiro atoms. The van der Waals surface area contributed by atoms with Crippen molar-refractivity contribution in [3.63, 3.8) is 0 Å². The number of unbranched alkanes of at least 4 members (excludes halogenated alkanes) is 5. The fourth-order valence-electron chi connectivity index (χ4n) is 1.78. The van der Waals surface area contributed by atoms with Crippen LogP contribution < -0.4 is 5.32 Å². The minimum Gasteiger partial charge on any atom is -0.394 e. The molecule has 19 heavy (non-hydrogen) atoms. The van der Waals surface area contributed by atoms with Gasteiger partial charge in [-0.05, 0) is 12.8 Å². The molecule has 0 fully saturated rings. The summed E-state index contributed by atoms with van der Waals surface area (Å²) in [6.45, 7) is 3.67. The molecule has 4 nitrogen and oxygen atoms in total. The Kier molecular flexibility index (Phi) is 11.6. The van der Waals surface area contributed by atoms with Gasteiger partial charge in [0, 0.05) is 6.42 Å². The number of hydrogen-bond acceptors (Lipinski definition) is 3. The fraction of sp³-hybridized carbons (Fsp3) is 0.800. The normalized spacial score (nSPS) is 14.5. The van der Waals surface area contributed by atoms with Gasteiger partial charge in [-0.15, -0.1) is 0 Å². The van der Waals surface area contributed by atoms with Gasteiger partial charge in [-0.2, -0.15) is 0 Å². The summed E-state index contributed by atoms with van der Waals surface area (Å²) >= 11 is 0. The quantitative estimate of drug-likeness (QED) is 0.398. The molecule has 4 heteroatoms. The second-order valence-electron chi connectivity index (χ2n) is 4.83. The zero-order valence-electron chi connectivity index (χ0n) is 12.3. The van der Waals surface area contributed by atoms with Crippen LogP contribution in [0.4, 0.5) is 0 Å². The first kappa shape index (κ1) is 18.1. The van der Waals surface area contributed by atoms with Gasteiger partial charge >= 0.3 is 0 Å². The van der Waals surface area contributed by atoms with E-state index in [9.17, 15) is 9.90 Å². The van der Waals surface area contributed by atoms with E-state index >= 15 is 0 Å². The molecule has 0 bridgehead atoms. The van der Waals surface area contributed by atoms with E-state index < -0.39 is 12.1 Å². The summed E-state index contributed by atoms with van der Waals surface area (Å²) in [5, 5.41) is 21.6. The van der Waals surface area contributed by atoms with Gasteiger partial charge in [-0.25, -0.2) is 0 Å². The van der Waals surface area contributed by atoms with Crippen LogP contribution in [0.1, 0.15) is 58.8 Å². The number of carbonyl (C=O) groups is 1. The van der Waals surface area contributed by atoms with Crippen LogP contribution in [-0.4, -0.2) is 34.9 Å². The lowest BCUT2D eigenvalue weighted by molar-refractivity contribution is -0.122. The van der Waals surface area contributed by atoms with Crippen LogP contribution in [0.3, 0.4) is 0 Å². The van der Waals surface area contributed by atoms with Gasteiger partial charge in [0.2, 0.25) is 5.91 Å². The molecule has 0 aromatic rings. The smallest absolute Gasteiger partial charge is 0.220 e. The number of aliphatic hydroxyl groups excluding tert-OH is 2. The average molecular weight is 271 g/mol. The maximum absolute atomic E-state index is 11.2. The first-order chi connectivity index (χ1) is 9.15. The Bertz CT molecular complexity index is 254. The Morgan fingerprint density at radius 2 is 1.89 bits per heavy atom. The summed E-state index contributed by atoms with van der Waals surface area (Å²) in [4.78, 5) is 11.2. The largest absolute Gasteiger partial charge is 0.394 e. The molecule has 0 aromatic carbocycles. The topological polar surface area (TPSA) is 69.6 Å². The third-order valence-corrected chi connectivity index (χ3v) is 3.08. The molecule has 0 heterocycles. The molecule has 0 saturated carbocycles. The van der Waals surface area contributed by atoms with Crippen molar-refractivity contribution >= 4 is 5.91 Å². The zero-order chi connectivity index (χ0) is 14.5. The van der Waals surface area contributed by atoms with Crippen molar-refractivity contribution in [2.45, 2.75) is 70.9 Å². The molecular weight excluding hydrogens is 242 g/mol. The first-order valence-electron chi connectivity index (χ1n) is 7.40. The fourth-order valence-corrected chi connectivity index (χ4v) is 1.78. The van der Waals surface area contributed by atoms with E-state index in [0.717, 1.165) is 12.8 Å². The van der Waals surface area contributed by atoms with Crippen molar-refractivity contribution in [1.82, 2.24) is 5.32 Å². The van der Waals surface area contributed by atoms with E-state index in [4.69, 9.17) is 5.11 Å². The molecule has 112 valence electrons. The van der Waals surface area contributed by atoms with E-state index in [1.165, 1.54) is 25.7 Å². The molecule has 0 aliphatic carbocycles. The lowest BCUT2D eigenvalue weighted by Gasteiger charge is -2.19. The van der Waals surface area contributed by atoms with Crippen LogP contribution in [0.25, 0.3) is 0 Å². The van der Waals surface area contributed by atoms with Crippen LogP contribution >= 0.6 is 0 Å². The van der Waals surface area contributed by atoms with Crippen molar-refractivity contribution in [3.05, 3.63) is 12.2 Å². The molecule has 0 saturated heterocycles. The highest BCUT2D eigenvalue weighted by Gasteiger charge is 2.16. The van der Waals surface area contributed by atoms with Crippen molar-refractivity contribution < 1.29 is 15.0 Å². The van der Waals surface area contributed by atoms with Crippen LogP contribution in [0.2, 0.25) is 0 Å². The number of rotatable bonds is 11. The van der Waals surface area contributed by atoms with Gasteiger partial charge in [0.1, 0.15) is 0 Å². The van der Waals surface area contributed by atoms with E-state index in [1.807, 2.05) is 6.08 Å². The highest BCUT2D eigenvalue weighted by Crippen LogP contribution is 2.06. The highest BCUT2D eigenvalue weighted by molar-refractivity contribution is 5.75. The molecule has 0 aliphatic rings. The number of carbonyl (C=O) groups excluding carboxylic acids is 1. The molecule has 2 atom stereocenters. The molecule has 0 radical (unpaired) electrons. The molecule has 2 unspecified atom stereocenters. The number of nitrogens with one attached hydrogen (secondary N) is 1.